The van der Waals surface area contributed by atoms with Crippen LogP contribution in [-0.2, 0) is 9.59 Å². The van der Waals surface area contributed by atoms with Crippen LogP contribution in [0.3, 0.4) is 0 Å². The number of anilines is 1. The molecule has 1 heterocycles. The van der Waals surface area contributed by atoms with Gasteiger partial charge in [0.1, 0.15) is 0 Å². The third-order valence-corrected chi connectivity index (χ3v) is 3.25. The van der Waals surface area contributed by atoms with Crippen LogP contribution in [0.5, 0.6) is 0 Å². The summed E-state index contributed by atoms with van der Waals surface area (Å²) in [4.78, 5) is 27.1. The zero-order valence-electron chi connectivity index (χ0n) is 9.69. The fraction of sp³-hybridized carbons (Fsp3) is 0.500. The molecule has 6 nitrogen and oxygen atoms in total. The Morgan fingerprint density at radius 2 is 2.18 bits per heavy atom. The van der Waals surface area contributed by atoms with Crippen molar-refractivity contribution in [3.8, 4) is 0 Å². The molecule has 7 heteroatoms. The molecule has 0 aliphatic carbocycles. The Bertz CT molecular complexity index is 411. The van der Waals surface area contributed by atoms with Crippen molar-refractivity contribution in [2.45, 2.75) is 32.7 Å². The van der Waals surface area contributed by atoms with Crippen molar-refractivity contribution in [2.24, 2.45) is 5.73 Å². The van der Waals surface area contributed by atoms with E-state index >= 15 is 0 Å². The van der Waals surface area contributed by atoms with Crippen molar-refractivity contribution in [3.05, 3.63) is 10.6 Å². The summed E-state index contributed by atoms with van der Waals surface area (Å²) in [5.41, 5.74) is 6.42. The van der Waals surface area contributed by atoms with Gasteiger partial charge < -0.3 is 16.2 Å². The number of carbonyl (C=O) groups excluding carboxylic acids is 1. The lowest BCUT2D eigenvalue weighted by molar-refractivity contribution is -0.137. The van der Waals surface area contributed by atoms with Gasteiger partial charge in [0, 0.05) is 11.3 Å². The van der Waals surface area contributed by atoms with E-state index in [2.05, 4.69) is 10.3 Å². The molecule has 1 rings (SSSR count). The van der Waals surface area contributed by atoms with Crippen molar-refractivity contribution in [1.29, 1.82) is 0 Å². The molecule has 1 aromatic heterocycles. The lowest BCUT2D eigenvalue weighted by atomic mass is 10.1. The minimum atomic E-state index is -0.964. The zero-order valence-corrected chi connectivity index (χ0v) is 10.5. The van der Waals surface area contributed by atoms with Gasteiger partial charge in [-0.25, -0.2) is 4.98 Å². The highest BCUT2D eigenvalue weighted by molar-refractivity contribution is 7.15. The van der Waals surface area contributed by atoms with Crippen LogP contribution < -0.4 is 11.1 Å². The average molecular weight is 257 g/mol. The highest BCUT2D eigenvalue weighted by Crippen LogP contribution is 2.21. The molecule has 0 radical (unpaired) electrons. The molecule has 0 bridgehead atoms. The van der Waals surface area contributed by atoms with Crippen LogP contribution in [0.2, 0.25) is 0 Å². The molecule has 0 fully saturated rings. The number of amides is 1. The van der Waals surface area contributed by atoms with E-state index in [1.54, 1.807) is 0 Å². The number of carbonyl (C=O) groups is 2. The Morgan fingerprint density at radius 3 is 2.65 bits per heavy atom. The van der Waals surface area contributed by atoms with E-state index in [9.17, 15) is 9.59 Å². The number of thiazole rings is 1. The molecule has 1 amide bonds. The number of nitrogens with zero attached hydrogens (tertiary/aromatic N) is 1. The first-order chi connectivity index (χ1) is 7.90. The van der Waals surface area contributed by atoms with Crippen LogP contribution in [0.25, 0.3) is 0 Å². The second-order valence-electron chi connectivity index (χ2n) is 3.69. The number of nitrogens with one attached hydrogen (secondary N) is 1. The number of carboxylic acid groups (broad SMARTS) is 1. The molecule has 0 saturated carbocycles. The number of hydrogen-bond acceptors (Lipinski definition) is 5. The van der Waals surface area contributed by atoms with Crippen LogP contribution in [0.4, 0.5) is 5.13 Å². The van der Waals surface area contributed by atoms with E-state index in [0.29, 0.717) is 5.13 Å². The molecular formula is C10H15N3O3S. The van der Waals surface area contributed by atoms with Gasteiger partial charge >= 0.3 is 5.97 Å². The summed E-state index contributed by atoms with van der Waals surface area (Å²) in [5.74, 6) is -1.37. The largest absolute Gasteiger partial charge is 0.481 e. The number of aromatic nitrogens is 1. The Kier molecular flexibility index (Phi) is 4.59. The van der Waals surface area contributed by atoms with Gasteiger partial charge in [-0.3, -0.25) is 9.59 Å². The topological polar surface area (TPSA) is 105 Å². The predicted molar refractivity (Wildman–Crippen MR) is 65.1 cm³/mol. The first-order valence-electron chi connectivity index (χ1n) is 5.12. The van der Waals surface area contributed by atoms with E-state index < -0.39 is 17.9 Å². The van der Waals surface area contributed by atoms with E-state index in [1.165, 1.54) is 11.3 Å². The molecule has 0 saturated heterocycles. The second-order valence-corrected chi connectivity index (χ2v) is 4.89. The molecule has 17 heavy (non-hydrogen) atoms. The zero-order chi connectivity index (χ0) is 13.0. The fourth-order valence-electron chi connectivity index (χ4n) is 1.13. The highest BCUT2D eigenvalue weighted by Gasteiger charge is 2.16. The number of nitrogens with two attached hydrogens (primary N) is 1. The molecule has 0 aliphatic rings. The van der Waals surface area contributed by atoms with Gasteiger partial charge in [-0.15, -0.1) is 11.3 Å². The Hall–Kier alpha value is -1.47. The van der Waals surface area contributed by atoms with Gasteiger partial charge in [0.2, 0.25) is 5.91 Å². The molecular weight excluding hydrogens is 242 g/mol. The second kappa shape index (κ2) is 5.74. The van der Waals surface area contributed by atoms with Crippen molar-refractivity contribution in [3.63, 3.8) is 0 Å². The minimum Gasteiger partial charge on any atom is -0.481 e. The molecule has 1 aromatic rings. The molecule has 1 unspecified atom stereocenters. The molecule has 1 atom stereocenters. The van der Waals surface area contributed by atoms with Gasteiger partial charge in [0.15, 0.2) is 5.13 Å². The fourth-order valence-corrected chi connectivity index (χ4v) is 1.95. The van der Waals surface area contributed by atoms with Gasteiger partial charge in [-0.1, -0.05) is 0 Å². The van der Waals surface area contributed by atoms with E-state index in [-0.39, 0.29) is 12.8 Å². The van der Waals surface area contributed by atoms with Gasteiger partial charge in [0.05, 0.1) is 11.7 Å². The summed E-state index contributed by atoms with van der Waals surface area (Å²) in [7, 11) is 0. The number of carboxylic acids is 1. The van der Waals surface area contributed by atoms with Crippen molar-refractivity contribution in [1.82, 2.24) is 4.98 Å². The van der Waals surface area contributed by atoms with Crippen molar-refractivity contribution < 1.29 is 14.7 Å². The van der Waals surface area contributed by atoms with Gasteiger partial charge in [-0.2, -0.15) is 0 Å². The standard InChI is InChI=1S/C10H15N3O3S/c1-5-6(2)17-10(12-5)13-9(16)7(11)3-4-8(14)15/h7H,3-4,11H2,1-2H3,(H,14,15)(H,12,13,16). The maximum atomic E-state index is 11.6. The summed E-state index contributed by atoms with van der Waals surface area (Å²) in [5, 5.41) is 11.5. The lowest BCUT2D eigenvalue weighted by Gasteiger charge is -2.08. The predicted octanol–water partition coefficient (Wildman–Crippen LogP) is 0.891. The quantitative estimate of drug-likeness (QED) is 0.726. The monoisotopic (exact) mass is 257 g/mol. The average Bonchev–Trinajstić information content (AvgIpc) is 2.54. The Balaban J connectivity index is 2.51. The minimum absolute atomic E-state index is 0.116. The van der Waals surface area contributed by atoms with E-state index in [0.717, 1.165) is 10.6 Å². The normalized spacial score (nSPS) is 12.2. The van der Waals surface area contributed by atoms with Gasteiger partial charge in [0.25, 0.3) is 0 Å². The highest BCUT2D eigenvalue weighted by atomic mass is 32.1. The summed E-state index contributed by atoms with van der Waals surface area (Å²) in [6, 6.07) is -0.824. The Labute approximate surface area is 103 Å². The summed E-state index contributed by atoms with van der Waals surface area (Å²) < 4.78 is 0. The summed E-state index contributed by atoms with van der Waals surface area (Å²) >= 11 is 1.37. The molecule has 0 spiro atoms. The van der Waals surface area contributed by atoms with Crippen LogP contribution in [0.15, 0.2) is 0 Å². The lowest BCUT2D eigenvalue weighted by Crippen LogP contribution is -2.36. The molecule has 0 aromatic carbocycles. The first-order valence-corrected chi connectivity index (χ1v) is 5.94. The first kappa shape index (κ1) is 13.6. The van der Waals surface area contributed by atoms with Crippen LogP contribution in [0.1, 0.15) is 23.4 Å². The SMILES string of the molecule is Cc1nc(NC(=O)C(N)CCC(=O)O)sc1C. The molecule has 4 N–H and O–H groups in total. The van der Waals surface area contributed by atoms with Gasteiger partial charge in [-0.05, 0) is 20.3 Å². The summed E-state index contributed by atoms with van der Waals surface area (Å²) in [6.07, 6.45) is -0.00494. The molecule has 94 valence electrons. The smallest absolute Gasteiger partial charge is 0.303 e. The maximum absolute atomic E-state index is 11.6. The third kappa shape index (κ3) is 4.12. The molecule has 0 aliphatic heterocycles. The third-order valence-electron chi connectivity index (χ3n) is 2.26. The number of rotatable bonds is 5. The number of aliphatic carboxylic acids is 1. The van der Waals surface area contributed by atoms with Crippen LogP contribution in [0, 0.1) is 13.8 Å². The number of hydrogen-bond donors (Lipinski definition) is 3. The maximum Gasteiger partial charge on any atom is 0.303 e. The van der Waals surface area contributed by atoms with E-state index in [4.69, 9.17) is 10.8 Å². The van der Waals surface area contributed by atoms with E-state index in [1.807, 2.05) is 13.8 Å². The van der Waals surface area contributed by atoms with Crippen LogP contribution in [-0.4, -0.2) is 28.0 Å². The van der Waals surface area contributed by atoms with Crippen LogP contribution >= 0.6 is 11.3 Å². The Morgan fingerprint density at radius 1 is 1.53 bits per heavy atom. The van der Waals surface area contributed by atoms with Crippen molar-refractivity contribution >= 4 is 28.3 Å². The summed E-state index contributed by atoms with van der Waals surface area (Å²) in [6.45, 7) is 3.76. The van der Waals surface area contributed by atoms with Crippen molar-refractivity contribution in [2.75, 3.05) is 5.32 Å². The number of aryl methyl sites for hydroxylation is 2.